The van der Waals surface area contributed by atoms with Gasteiger partial charge in [0.25, 0.3) is 5.91 Å². The Morgan fingerprint density at radius 2 is 1.97 bits per heavy atom. The molecule has 2 aromatic rings. The second kappa shape index (κ2) is 6.59. The maximum absolute atomic E-state index is 13.2. The summed E-state index contributed by atoms with van der Waals surface area (Å²) in [5.41, 5.74) is -1.57. The van der Waals surface area contributed by atoms with E-state index in [1.807, 2.05) is 42.5 Å². The summed E-state index contributed by atoms with van der Waals surface area (Å²) in [6, 6.07) is 14.7. The molecule has 1 aliphatic carbocycles. The Labute approximate surface area is 168 Å². The molecule has 4 amide bonds. The number of benzene rings is 2. The van der Waals surface area contributed by atoms with Gasteiger partial charge in [0.2, 0.25) is 5.91 Å². The smallest absolute Gasteiger partial charge is 0.325 e. The minimum atomic E-state index is -1.27. The lowest BCUT2D eigenvalue weighted by Crippen LogP contribution is -2.51. The highest BCUT2D eigenvalue weighted by atomic mass is 16.2. The molecule has 2 aromatic carbocycles. The third-order valence-electron chi connectivity index (χ3n) is 5.93. The van der Waals surface area contributed by atoms with E-state index in [0.29, 0.717) is 5.56 Å². The van der Waals surface area contributed by atoms with Crippen LogP contribution in [0.3, 0.4) is 0 Å². The molecule has 1 aliphatic heterocycles. The van der Waals surface area contributed by atoms with Crippen LogP contribution in [-0.2, 0) is 15.1 Å². The first-order valence-electron chi connectivity index (χ1n) is 9.63. The van der Waals surface area contributed by atoms with Gasteiger partial charge < -0.3 is 10.6 Å². The van der Waals surface area contributed by atoms with Crippen LogP contribution in [-0.4, -0.2) is 34.8 Å². The van der Waals surface area contributed by atoms with Gasteiger partial charge in [0.05, 0.1) is 6.07 Å². The highest BCUT2D eigenvalue weighted by Crippen LogP contribution is 2.39. The fourth-order valence-electron chi connectivity index (χ4n) is 4.04. The summed E-state index contributed by atoms with van der Waals surface area (Å²) in [6.45, 7) is 2.90. The number of amides is 4. The van der Waals surface area contributed by atoms with Crippen LogP contribution in [0.4, 0.5) is 4.79 Å². The molecule has 1 saturated heterocycles. The Morgan fingerprint density at radius 1 is 1.28 bits per heavy atom. The molecule has 1 heterocycles. The van der Waals surface area contributed by atoms with Crippen LogP contribution in [0, 0.1) is 17.2 Å². The average Bonchev–Trinajstić information content (AvgIpc) is 3.53. The van der Waals surface area contributed by atoms with Gasteiger partial charge in [-0.2, -0.15) is 5.26 Å². The summed E-state index contributed by atoms with van der Waals surface area (Å²) < 4.78 is 0. The quantitative estimate of drug-likeness (QED) is 0.766. The van der Waals surface area contributed by atoms with E-state index in [2.05, 4.69) is 16.7 Å². The molecule has 2 aliphatic rings. The molecule has 0 bridgehead atoms. The maximum atomic E-state index is 13.2. The first-order valence-corrected chi connectivity index (χ1v) is 9.63. The first-order chi connectivity index (χ1) is 13.8. The van der Waals surface area contributed by atoms with E-state index in [0.717, 1.165) is 28.5 Å². The molecular formula is C22H22N4O3. The Bertz CT molecular complexity index is 1070. The van der Waals surface area contributed by atoms with Crippen molar-refractivity contribution in [1.29, 1.82) is 5.26 Å². The van der Waals surface area contributed by atoms with Crippen molar-refractivity contribution in [1.82, 2.24) is 15.5 Å². The van der Waals surface area contributed by atoms with Gasteiger partial charge in [-0.05, 0) is 48.9 Å². The SMILES string of the molecule is CC1(c2cccc3ccccc23)NC(=O)N(CC(=O)NC(C)(C#N)C2CC2)C1=O. The van der Waals surface area contributed by atoms with Crippen molar-refractivity contribution in [3.05, 3.63) is 48.0 Å². The number of imide groups is 1. The Balaban J connectivity index is 1.58. The molecule has 7 heteroatoms. The van der Waals surface area contributed by atoms with E-state index in [4.69, 9.17) is 0 Å². The van der Waals surface area contributed by atoms with Crippen molar-refractivity contribution < 1.29 is 14.4 Å². The van der Waals surface area contributed by atoms with Gasteiger partial charge in [-0.25, -0.2) is 4.79 Å². The fraction of sp³-hybridized carbons (Fsp3) is 0.364. The number of carbonyl (C=O) groups excluding carboxylic acids is 3. The van der Waals surface area contributed by atoms with Crippen molar-refractivity contribution in [3.8, 4) is 6.07 Å². The number of hydrogen-bond acceptors (Lipinski definition) is 4. The van der Waals surface area contributed by atoms with Crippen LogP contribution < -0.4 is 10.6 Å². The summed E-state index contributed by atoms with van der Waals surface area (Å²) in [4.78, 5) is 39.2. The van der Waals surface area contributed by atoms with E-state index in [1.165, 1.54) is 0 Å². The van der Waals surface area contributed by atoms with Crippen molar-refractivity contribution in [3.63, 3.8) is 0 Å². The van der Waals surface area contributed by atoms with E-state index in [9.17, 15) is 19.6 Å². The normalized spacial score (nSPS) is 23.4. The Kier molecular flexibility index (Phi) is 4.30. The monoisotopic (exact) mass is 390 g/mol. The number of urea groups is 1. The van der Waals surface area contributed by atoms with Gasteiger partial charge in [0, 0.05) is 0 Å². The maximum Gasteiger partial charge on any atom is 0.325 e. The van der Waals surface area contributed by atoms with Gasteiger partial charge in [-0.3, -0.25) is 14.5 Å². The summed E-state index contributed by atoms with van der Waals surface area (Å²) in [6.07, 6.45) is 1.76. The van der Waals surface area contributed by atoms with Gasteiger partial charge in [0.15, 0.2) is 0 Å². The molecule has 0 aromatic heterocycles. The molecule has 7 nitrogen and oxygen atoms in total. The number of rotatable bonds is 5. The summed E-state index contributed by atoms with van der Waals surface area (Å²) in [7, 11) is 0. The first kappa shape index (κ1) is 18.9. The third-order valence-corrected chi connectivity index (χ3v) is 5.93. The molecule has 29 heavy (non-hydrogen) atoms. The molecule has 1 saturated carbocycles. The average molecular weight is 390 g/mol. The van der Waals surface area contributed by atoms with E-state index in [1.54, 1.807) is 13.8 Å². The standard InChI is InChI=1S/C22H22N4O3/c1-21(13-23,15-10-11-15)24-18(27)12-26-19(28)22(2,25-20(26)29)17-9-5-7-14-6-3-4-8-16(14)17/h3-9,15H,10-12H2,1-2H3,(H,24,27)(H,25,29). The molecule has 148 valence electrons. The van der Waals surface area contributed by atoms with Crippen LogP contribution in [0.5, 0.6) is 0 Å². The Morgan fingerprint density at radius 3 is 2.66 bits per heavy atom. The van der Waals surface area contributed by atoms with Crippen LogP contribution in [0.1, 0.15) is 32.3 Å². The molecular weight excluding hydrogens is 368 g/mol. The lowest BCUT2D eigenvalue weighted by atomic mass is 9.88. The van der Waals surface area contributed by atoms with E-state index in [-0.39, 0.29) is 5.92 Å². The lowest BCUT2D eigenvalue weighted by molar-refractivity contribution is -0.135. The minimum absolute atomic E-state index is 0.112. The van der Waals surface area contributed by atoms with E-state index < -0.39 is 35.5 Å². The van der Waals surface area contributed by atoms with Crippen LogP contribution in [0.25, 0.3) is 10.8 Å². The van der Waals surface area contributed by atoms with Crippen LogP contribution in [0.2, 0.25) is 0 Å². The molecule has 2 atom stereocenters. The summed E-state index contributed by atoms with van der Waals surface area (Å²) in [5, 5.41) is 16.7. The van der Waals surface area contributed by atoms with Crippen molar-refractivity contribution in [2.75, 3.05) is 6.54 Å². The van der Waals surface area contributed by atoms with Crippen molar-refractivity contribution in [2.45, 2.75) is 37.8 Å². The molecule has 0 spiro atoms. The molecule has 2 N–H and O–H groups in total. The predicted molar refractivity (Wildman–Crippen MR) is 106 cm³/mol. The highest BCUT2D eigenvalue weighted by molar-refractivity contribution is 6.10. The number of nitrogens with zero attached hydrogens (tertiary/aromatic N) is 2. The van der Waals surface area contributed by atoms with Crippen LogP contribution >= 0.6 is 0 Å². The zero-order chi connectivity index (χ0) is 20.8. The van der Waals surface area contributed by atoms with Gasteiger partial charge in [-0.15, -0.1) is 0 Å². The summed E-state index contributed by atoms with van der Waals surface area (Å²) >= 11 is 0. The zero-order valence-corrected chi connectivity index (χ0v) is 16.4. The molecule has 4 rings (SSSR count). The molecule has 0 radical (unpaired) electrons. The molecule has 2 unspecified atom stereocenters. The number of nitriles is 1. The zero-order valence-electron chi connectivity index (χ0n) is 16.4. The Hall–Kier alpha value is -3.40. The second-order valence-electron chi connectivity index (χ2n) is 8.11. The molecule has 2 fully saturated rings. The number of hydrogen-bond donors (Lipinski definition) is 2. The third kappa shape index (κ3) is 3.11. The van der Waals surface area contributed by atoms with Crippen LogP contribution in [0.15, 0.2) is 42.5 Å². The highest BCUT2D eigenvalue weighted by Gasteiger charge is 2.51. The number of nitrogens with one attached hydrogen (secondary N) is 2. The van der Waals surface area contributed by atoms with Gasteiger partial charge >= 0.3 is 6.03 Å². The predicted octanol–water partition coefficient (Wildman–Crippen LogP) is 2.42. The summed E-state index contributed by atoms with van der Waals surface area (Å²) in [5.74, 6) is -0.897. The van der Waals surface area contributed by atoms with Gasteiger partial charge in [-0.1, -0.05) is 42.5 Å². The van der Waals surface area contributed by atoms with E-state index >= 15 is 0 Å². The number of fused-ring (bicyclic) bond motifs is 1. The largest absolute Gasteiger partial charge is 0.336 e. The lowest BCUT2D eigenvalue weighted by Gasteiger charge is -2.25. The second-order valence-corrected chi connectivity index (χ2v) is 8.11. The van der Waals surface area contributed by atoms with Crippen molar-refractivity contribution in [2.24, 2.45) is 5.92 Å². The number of carbonyl (C=O) groups is 3. The van der Waals surface area contributed by atoms with Crippen molar-refractivity contribution >= 4 is 28.6 Å². The fourth-order valence-corrected chi connectivity index (χ4v) is 4.04. The minimum Gasteiger partial charge on any atom is -0.336 e. The topological polar surface area (TPSA) is 102 Å². The van der Waals surface area contributed by atoms with Gasteiger partial charge in [0.1, 0.15) is 17.6 Å².